The maximum Gasteiger partial charge on any atom is 0.119 e. The Morgan fingerprint density at radius 3 is 2.68 bits per heavy atom. The summed E-state index contributed by atoms with van der Waals surface area (Å²) in [4.78, 5) is 4.35. The molecule has 0 radical (unpaired) electrons. The van der Waals surface area contributed by atoms with Crippen LogP contribution in [-0.2, 0) is 0 Å². The van der Waals surface area contributed by atoms with Gasteiger partial charge in [0.15, 0.2) is 0 Å². The van der Waals surface area contributed by atoms with Crippen molar-refractivity contribution < 1.29 is 4.74 Å². The number of methoxy groups -OCH3 is 1. The molecular weight excluding hydrogens is 256 g/mol. The number of hydrogen-bond acceptors (Lipinski definition) is 4. The summed E-state index contributed by atoms with van der Waals surface area (Å²) in [6, 6.07) is 14.0. The lowest BCUT2D eigenvalue weighted by Crippen LogP contribution is -2.22. The fraction of sp³-hybridized carbons (Fsp3) is 0.267. The first-order valence-electron chi connectivity index (χ1n) is 6.18. The molecule has 4 heteroatoms. The lowest BCUT2D eigenvalue weighted by atomic mass is 10.1. The third-order valence-corrected chi connectivity index (χ3v) is 4.22. The number of nitrogens with zero attached hydrogens (tertiary/aromatic N) is 1. The van der Waals surface area contributed by atoms with E-state index >= 15 is 0 Å². The molecule has 0 aliphatic rings. The number of rotatable bonds is 5. The van der Waals surface area contributed by atoms with Crippen molar-refractivity contribution in [3.05, 3.63) is 54.2 Å². The maximum absolute atomic E-state index is 6.12. The maximum atomic E-state index is 6.12. The zero-order valence-electron chi connectivity index (χ0n) is 11.1. The van der Waals surface area contributed by atoms with Crippen LogP contribution in [0.15, 0.2) is 53.7 Å². The van der Waals surface area contributed by atoms with Gasteiger partial charge in [0.05, 0.1) is 17.4 Å². The molecule has 2 aromatic rings. The summed E-state index contributed by atoms with van der Waals surface area (Å²) in [6.45, 7) is 2.01. The molecule has 1 aromatic heterocycles. The molecule has 0 amide bonds. The molecule has 2 N–H and O–H groups in total. The van der Waals surface area contributed by atoms with Crippen LogP contribution in [0.3, 0.4) is 0 Å². The van der Waals surface area contributed by atoms with E-state index in [1.807, 2.05) is 43.3 Å². The minimum atomic E-state index is 0.0270. The Morgan fingerprint density at radius 2 is 2.05 bits per heavy atom. The van der Waals surface area contributed by atoms with Crippen molar-refractivity contribution >= 4 is 11.8 Å². The smallest absolute Gasteiger partial charge is 0.119 e. The Kier molecular flexibility index (Phi) is 4.82. The molecule has 100 valence electrons. The normalized spacial score (nSPS) is 13.8. The molecule has 1 aromatic carbocycles. The van der Waals surface area contributed by atoms with Crippen LogP contribution in [0, 0.1) is 0 Å². The molecule has 0 aliphatic carbocycles. The molecule has 0 saturated heterocycles. The first-order valence-corrected chi connectivity index (χ1v) is 7.06. The molecule has 2 unspecified atom stereocenters. The van der Waals surface area contributed by atoms with Gasteiger partial charge in [0, 0.05) is 12.2 Å². The number of aromatic nitrogens is 1. The van der Waals surface area contributed by atoms with Crippen LogP contribution in [0.4, 0.5) is 0 Å². The van der Waals surface area contributed by atoms with Gasteiger partial charge in [0.1, 0.15) is 5.75 Å². The van der Waals surface area contributed by atoms with Crippen molar-refractivity contribution in [2.75, 3.05) is 7.11 Å². The van der Waals surface area contributed by atoms with Crippen LogP contribution < -0.4 is 10.5 Å². The topological polar surface area (TPSA) is 48.1 Å². The highest BCUT2D eigenvalue weighted by atomic mass is 32.2. The summed E-state index contributed by atoms with van der Waals surface area (Å²) >= 11 is 1.68. The second kappa shape index (κ2) is 6.59. The second-order valence-corrected chi connectivity index (χ2v) is 5.50. The Morgan fingerprint density at radius 1 is 1.21 bits per heavy atom. The first kappa shape index (κ1) is 13.9. The average Bonchev–Trinajstić information content (AvgIpc) is 2.45. The Labute approximate surface area is 118 Å². The number of thioether (sulfide) groups is 1. The monoisotopic (exact) mass is 274 g/mol. The van der Waals surface area contributed by atoms with Gasteiger partial charge in [-0.25, -0.2) is 4.98 Å². The zero-order valence-corrected chi connectivity index (χ0v) is 11.9. The fourth-order valence-corrected chi connectivity index (χ4v) is 2.88. The van der Waals surface area contributed by atoms with E-state index in [9.17, 15) is 0 Å². The molecule has 2 rings (SSSR count). The quantitative estimate of drug-likeness (QED) is 0.850. The van der Waals surface area contributed by atoms with Crippen molar-refractivity contribution in [3.8, 4) is 5.75 Å². The van der Waals surface area contributed by atoms with Crippen LogP contribution in [0.2, 0.25) is 0 Å². The van der Waals surface area contributed by atoms with Gasteiger partial charge < -0.3 is 10.5 Å². The average molecular weight is 274 g/mol. The van der Waals surface area contributed by atoms with Gasteiger partial charge in [0.2, 0.25) is 0 Å². The van der Waals surface area contributed by atoms with Crippen LogP contribution in [0.25, 0.3) is 0 Å². The third-order valence-electron chi connectivity index (χ3n) is 2.79. The van der Waals surface area contributed by atoms with Crippen molar-refractivity contribution in [3.63, 3.8) is 0 Å². The largest absolute Gasteiger partial charge is 0.497 e. The van der Waals surface area contributed by atoms with Crippen molar-refractivity contribution in [2.24, 2.45) is 5.73 Å². The highest BCUT2D eigenvalue weighted by molar-refractivity contribution is 7.99. The number of ether oxygens (including phenoxy) is 1. The van der Waals surface area contributed by atoms with Crippen molar-refractivity contribution in [1.82, 2.24) is 4.98 Å². The number of pyridine rings is 1. The lowest BCUT2D eigenvalue weighted by Gasteiger charge is -2.20. The molecule has 0 bridgehead atoms. The molecule has 0 aliphatic heterocycles. The predicted molar refractivity (Wildman–Crippen MR) is 79.5 cm³/mol. The summed E-state index contributed by atoms with van der Waals surface area (Å²) in [6.07, 6.45) is 1.80. The van der Waals surface area contributed by atoms with Gasteiger partial charge in [-0.3, -0.25) is 0 Å². The van der Waals surface area contributed by atoms with Gasteiger partial charge in [-0.05, 0) is 36.8 Å². The molecule has 19 heavy (non-hydrogen) atoms. The zero-order chi connectivity index (χ0) is 13.7. The molecular formula is C15H18N2OS. The third kappa shape index (κ3) is 3.72. The molecule has 3 nitrogen and oxygen atoms in total. The van der Waals surface area contributed by atoms with E-state index < -0.39 is 0 Å². The van der Waals surface area contributed by atoms with Crippen LogP contribution >= 0.6 is 11.8 Å². The van der Waals surface area contributed by atoms with Gasteiger partial charge in [0.25, 0.3) is 0 Å². The molecule has 0 fully saturated rings. The van der Waals surface area contributed by atoms with E-state index in [0.29, 0.717) is 0 Å². The van der Waals surface area contributed by atoms with Crippen molar-refractivity contribution in [2.45, 2.75) is 23.2 Å². The minimum Gasteiger partial charge on any atom is -0.497 e. The first-order chi connectivity index (χ1) is 9.20. The summed E-state index contributed by atoms with van der Waals surface area (Å²) < 4.78 is 5.27. The summed E-state index contributed by atoms with van der Waals surface area (Å²) in [5, 5.41) is 1.14. The summed E-state index contributed by atoms with van der Waals surface area (Å²) in [5.41, 5.74) is 7.28. The van der Waals surface area contributed by atoms with Crippen LogP contribution in [-0.4, -0.2) is 18.1 Å². The second-order valence-electron chi connectivity index (χ2n) is 4.34. The predicted octanol–water partition coefficient (Wildman–Crippen LogP) is 3.27. The van der Waals surface area contributed by atoms with Crippen LogP contribution in [0.1, 0.15) is 17.7 Å². The summed E-state index contributed by atoms with van der Waals surface area (Å²) in [5.74, 6) is 0.852. The Hall–Kier alpha value is -1.52. The fourth-order valence-electron chi connectivity index (χ4n) is 1.84. The van der Waals surface area contributed by atoms with E-state index in [2.05, 4.69) is 11.1 Å². The lowest BCUT2D eigenvalue weighted by molar-refractivity contribution is 0.414. The van der Waals surface area contributed by atoms with E-state index in [4.69, 9.17) is 10.5 Å². The van der Waals surface area contributed by atoms with E-state index in [1.165, 1.54) is 0 Å². The highest BCUT2D eigenvalue weighted by Gasteiger charge is 2.18. The number of benzene rings is 1. The van der Waals surface area contributed by atoms with Gasteiger partial charge >= 0.3 is 0 Å². The van der Waals surface area contributed by atoms with E-state index in [-0.39, 0.29) is 11.3 Å². The molecule has 0 saturated carbocycles. The molecule has 2 atom stereocenters. The van der Waals surface area contributed by atoms with Gasteiger partial charge in [-0.1, -0.05) is 30.0 Å². The van der Waals surface area contributed by atoms with E-state index in [0.717, 1.165) is 16.3 Å². The van der Waals surface area contributed by atoms with E-state index in [1.54, 1.807) is 25.1 Å². The molecule has 1 heterocycles. The van der Waals surface area contributed by atoms with Gasteiger partial charge in [-0.2, -0.15) is 0 Å². The standard InChI is InChI=1S/C15H18N2OS/c1-11(16)15(19-14-8-3-4-9-17-14)12-6-5-7-13(10-12)18-2/h3-11,15H,16H2,1-2H3. The number of hydrogen-bond donors (Lipinski definition) is 1. The van der Waals surface area contributed by atoms with Crippen molar-refractivity contribution in [1.29, 1.82) is 0 Å². The minimum absolute atomic E-state index is 0.0270. The molecule has 0 spiro atoms. The highest BCUT2D eigenvalue weighted by Crippen LogP contribution is 2.37. The SMILES string of the molecule is COc1cccc(C(Sc2ccccn2)C(C)N)c1. The Bertz CT molecular complexity index is 517. The Balaban J connectivity index is 2.24. The van der Waals surface area contributed by atoms with Crippen LogP contribution in [0.5, 0.6) is 5.75 Å². The number of nitrogens with two attached hydrogens (primary N) is 1. The van der Waals surface area contributed by atoms with Gasteiger partial charge in [-0.15, -0.1) is 0 Å². The summed E-state index contributed by atoms with van der Waals surface area (Å²) in [7, 11) is 1.67.